The van der Waals surface area contributed by atoms with Gasteiger partial charge >= 0.3 is 0 Å². The molecule has 1 amide bonds. The Hall–Kier alpha value is -2.54. The number of nitrogens with one attached hydrogen (secondary N) is 1. The van der Waals surface area contributed by atoms with Crippen LogP contribution in [0, 0.1) is 5.82 Å². The lowest BCUT2D eigenvalue weighted by Gasteiger charge is -2.05. The molecule has 2 aromatic heterocycles. The van der Waals surface area contributed by atoms with Gasteiger partial charge in [0.2, 0.25) is 0 Å². The van der Waals surface area contributed by atoms with Crippen LogP contribution in [0.25, 0.3) is 0 Å². The van der Waals surface area contributed by atoms with Gasteiger partial charge in [-0.1, -0.05) is 6.07 Å². The van der Waals surface area contributed by atoms with Gasteiger partial charge in [0.05, 0.1) is 12.1 Å². The summed E-state index contributed by atoms with van der Waals surface area (Å²) in [6.07, 6.45) is 5.23. The van der Waals surface area contributed by atoms with Crippen molar-refractivity contribution < 1.29 is 9.18 Å². The highest BCUT2D eigenvalue weighted by atomic mass is 79.9. The molecule has 0 aliphatic rings. The average Bonchev–Trinajstić information content (AvgIpc) is 2.95. The fraction of sp³-hybridized carbons (Fsp3) is 0.0625. The van der Waals surface area contributed by atoms with Crippen molar-refractivity contribution in [2.24, 2.45) is 0 Å². The van der Waals surface area contributed by atoms with Crippen molar-refractivity contribution in [2.75, 3.05) is 5.32 Å². The Morgan fingerprint density at radius 3 is 2.91 bits per heavy atom. The highest BCUT2D eigenvalue weighted by molar-refractivity contribution is 9.10. The molecule has 0 saturated carbocycles. The lowest BCUT2D eigenvalue weighted by atomic mass is 10.2. The highest BCUT2D eigenvalue weighted by Gasteiger charge is 2.12. The minimum atomic E-state index is -0.408. The number of halogens is 2. The van der Waals surface area contributed by atoms with Crippen LogP contribution in [0.2, 0.25) is 0 Å². The number of carbonyl (C=O) groups is 1. The molecule has 0 saturated heterocycles. The van der Waals surface area contributed by atoms with Gasteiger partial charge in [0, 0.05) is 29.1 Å². The van der Waals surface area contributed by atoms with Crippen LogP contribution < -0.4 is 5.32 Å². The maximum Gasteiger partial charge on any atom is 0.258 e. The maximum atomic E-state index is 13.1. The third-order valence-electron chi connectivity index (χ3n) is 3.13. The standard InChI is InChI=1S/C16H12BrFN4O/c17-14-8-12(18)3-4-13(14)16(23)20-15-5-7-22(21-15)10-11-2-1-6-19-9-11/h1-9H,10H2,(H,20,21,23). The van der Waals surface area contributed by atoms with E-state index in [4.69, 9.17) is 0 Å². The molecule has 23 heavy (non-hydrogen) atoms. The van der Waals surface area contributed by atoms with Crippen molar-refractivity contribution in [1.82, 2.24) is 14.8 Å². The summed E-state index contributed by atoms with van der Waals surface area (Å²) in [5, 5.41) is 6.97. The molecule has 5 nitrogen and oxygen atoms in total. The molecule has 116 valence electrons. The van der Waals surface area contributed by atoms with Crippen LogP contribution in [0.1, 0.15) is 15.9 Å². The molecule has 0 bridgehead atoms. The topological polar surface area (TPSA) is 59.8 Å². The molecule has 0 unspecified atom stereocenters. The molecule has 0 aliphatic carbocycles. The SMILES string of the molecule is O=C(Nc1ccn(Cc2cccnc2)n1)c1ccc(F)cc1Br. The van der Waals surface area contributed by atoms with E-state index in [1.165, 1.54) is 18.2 Å². The first-order chi connectivity index (χ1) is 11.1. The van der Waals surface area contributed by atoms with Gasteiger partial charge in [-0.15, -0.1) is 0 Å². The van der Waals surface area contributed by atoms with Crippen molar-refractivity contribution in [3.63, 3.8) is 0 Å². The molecule has 1 N–H and O–H groups in total. The molecule has 0 spiro atoms. The zero-order chi connectivity index (χ0) is 16.2. The van der Waals surface area contributed by atoms with Crippen LogP contribution in [0.3, 0.4) is 0 Å². The maximum absolute atomic E-state index is 13.1. The Kier molecular flexibility index (Phi) is 4.47. The van der Waals surface area contributed by atoms with E-state index < -0.39 is 5.82 Å². The zero-order valence-corrected chi connectivity index (χ0v) is 13.5. The molecular formula is C16H12BrFN4O. The first-order valence-corrected chi connectivity index (χ1v) is 7.60. The third-order valence-corrected chi connectivity index (χ3v) is 3.78. The molecule has 2 heterocycles. The Morgan fingerprint density at radius 2 is 2.17 bits per heavy atom. The molecule has 7 heteroatoms. The van der Waals surface area contributed by atoms with E-state index in [0.717, 1.165) is 5.56 Å². The minimum absolute atomic E-state index is 0.341. The van der Waals surface area contributed by atoms with Crippen LogP contribution in [-0.4, -0.2) is 20.7 Å². The number of nitrogens with zero attached hydrogens (tertiary/aromatic N) is 3. The zero-order valence-electron chi connectivity index (χ0n) is 11.9. The lowest BCUT2D eigenvalue weighted by molar-refractivity contribution is 0.102. The Bertz CT molecular complexity index is 835. The van der Waals surface area contributed by atoms with Gasteiger partial charge in [-0.3, -0.25) is 14.5 Å². The smallest absolute Gasteiger partial charge is 0.258 e. The summed E-state index contributed by atoms with van der Waals surface area (Å²) in [5.41, 5.74) is 1.35. The summed E-state index contributed by atoms with van der Waals surface area (Å²) in [6.45, 7) is 0.559. The van der Waals surface area contributed by atoms with Gasteiger partial charge in [-0.25, -0.2) is 4.39 Å². The summed E-state index contributed by atoms with van der Waals surface area (Å²) in [6, 6.07) is 9.40. The summed E-state index contributed by atoms with van der Waals surface area (Å²) in [5.74, 6) is -0.340. The van der Waals surface area contributed by atoms with Crippen LogP contribution in [-0.2, 0) is 6.54 Å². The molecule has 3 rings (SSSR count). The normalized spacial score (nSPS) is 10.5. The second-order valence-corrected chi connectivity index (χ2v) is 5.69. The number of benzene rings is 1. The minimum Gasteiger partial charge on any atom is -0.305 e. The van der Waals surface area contributed by atoms with E-state index in [9.17, 15) is 9.18 Å². The number of hydrogen-bond acceptors (Lipinski definition) is 3. The summed E-state index contributed by atoms with van der Waals surface area (Å²) in [7, 11) is 0. The van der Waals surface area contributed by atoms with E-state index in [0.29, 0.717) is 22.4 Å². The molecule has 0 atom stereocenters. The lowest BCUT2D eigenvalue weighted by Crippen LogP contribution is -2.13. The number of hydrogen-bond donors (Lipinski definition) is 1. The van der Waals surface area contributed by atoms with Crippen LogP contribution >= 0.6 is 15.9 Å². The Labute approximate surface area is 140 Å². The number of amides is 1. The number of aromatic nitrogens is 3. The average molecular weight is 375 g/mol. The molecule has 0 aliphatic heterocycles. The predicted molar refractivity (Wildman–Crippen MR) is 87.6 cm³/mol. The van der Waals surface area contributed by atoms with Gasteiger partial charge in [0.15, 0.2) is 5.82 Å². The third kappa shape index (κ3) is 3.81. The molecule has 0 fully saturated rings. The quantitative estimate of drug-likeness (QED) is 0.760. The van der Waals surface area contributed by atoms with Crippen LogP contribution in [0.5, 0.6) is 0 Å². The summed E-state index contributed by atoms with van der Waals surface area (Å²) < 4.78 is 15.2. The van der Waals surface area contributed by atoms with E-state index >= 15 is 0 Å². The van der Waals surface area contributed by atoms with E-state index in [-0.39, 0.29) is 5.91 Å². The second-order valence-electron chi connectivity index (χ2n) is 4.84. The molecule has 3 aromatic rings. The molecule has 1 aromatic carbocycles. The highest BCUT2D eigenvalue weighted by Crippen LogP contribution is 2.19. The van der Waals surface area contributed by atoms with Gasteiger partial charge < -0.3 is 5.32 Å². The van der Waals surface area contributed by atoms with Crippen LogP contribution in [0.4, 0.5) is 10.2 Å². The van der Waals surface area contributed by atoms with Crippen molar-refractivity contribution in [2.45, 2.75) is 6.54 Å². The number of rotatable bonds is 4. The Balaban J connectivity index is 1.70. The largest absolute Gasteiger partial charge is 0.305 e. The van der Waals surface area contributed by atoms with Gasteiger partial charge in [0.25, 0.3) is 5.91 Å². The van der Waals surface area contributed by atoms with E-state index in [1.54, 1.807) is 29.3 Å². The summed E-state index contributed by atoms with van der Waals surface area (Å²) >= 11 is 3.18. The van der Waals surface area contributed by atoms with Gasteiger partial charge in [0.1, 0.15) is 5.82 Å². The summed E-state index contributed by atoms with van der Waals surface area (Å²) in [4.78, 5) is 16.2. The first kappa shape index (κ1) is 15.4. The first-order valence-electron chi connectivity index (χ1n) is 6.80. The van der Waals surface area contributed by atoms with Crippen molar-refractivity contribution in [3.8, 4) is 0 Å². The fourth-order valence-corrected chi connectivity index (χ4v) is 2.58. The van der Waals surface area contributed by atoms with Gasteiger partial charge in [-0.2, -0.15) is 5.10 Å². The number of carbonyl (C=O) groups excluding carboxylic acids is 1. The molecule has 0 radical (unpaired) electrons. The van der Waals surface area contributed by atoms with Crippen molar-refractivity contribution in [1.29, 1.82) is 0 Å². The van der Waals surface area contributed by atoms with Crippen LogP contribution in [0.15, 0.2) is 59.5 Å². The number of anilines is 1. The number of pyridine rings is 1. The van der Waals surface area contributed by atoms with E-state index in [1.807, 2.05) is 12.1 Å². The van der Waals surface area contributed by atoms with E-state index in [2.05, 4.69) is 31.3 Å². The molecular weight excluding hydrogens is 363 g/mol. The van der Waals surface area contributed by atoms with Crippen molar-refractivity contribution in [3.05, 3.63) is 76.4 Å². The monoisotopic (exact) mass is 374 g/mol. The van der Waals surface area contributed by atoms with Crippen molar-refractivity contribution >= 4 is 27.7 Å². The second kappa shape index (κ2) is 6.70. The fourth-order valence-electron chi connectivity index (χ4n) is 2.05. The Morgan fingerprint density at radius 1 is 1.30 bits per heavy atom. The van der Waals surface area contributed by atoms with Gasteiger partial charge in [-0.05, 0) is 45.8 Å². The predicted octanol–water partition coefficient (Wildman–Crippen LogP) is 3.48.